The lowest BCUT2D eigenvalue weighted by molar-refractivity contribution is 0.264. The molecule has 0 heterocycles. The van der Waals surface area contributed by atoms with Gasteiger partial charge in [0.2, 0.25) is 0 Å². The van der Waals surface area contributed by atoms with Crippen LogP contribution in [0, 0.1) is 5.82 Å². The molecule has 0 aliphatic heterocycles. The van der Waals surface area contributed by atoms with Gasteiger partial charge in [0.05, 0.1) is 11.1 Å². The fourth-order valence-corrected chi connectivity index (χ4v) is 2.43. The third-order valence-electron chi connectivity index (χ3n) is 2.85. The van der Waals surface area contributed by atoms with E-state index in [0.717, 1.165) is 0 Å². The molecule has 0 spiro atoms. The van der Waals surface area contributed by atoms with Gasteiger partial charge in [0.15, 0.2) is 0 Å². The van der Waals surface area contributed by atoms with Crippen molar-refractivity contribution in [3.63, 3.8) is 0 Å². The summed E-state index contributed by atoms with van der Waals surface area (Å²) in [5, 5.41) is 0.568. The number of rotatable bonds is 5. The van der Waals surface area contributed by atoms with Gasteiger partial charge in [-0.05, 0) is 40.2 Å². The van der Waals surface area contributed by atoms with Crippen molar-refractivity contribution in [2.75, 3.05) is 6.61 Å². The van der Waals surface area contributed by atoms with Crippen LogP contribution in [0.5, 0.6) is 5.75 Å². The molecule has 0 saturated heterocycles. The van der Waals surface area contributed by atoms with Crippen LogP contribution < -0.4 is 16.0 Å². The third kappa shape index (κ3) is 4.08. The molecule has 1 atom stereocenters. The molecule has 2 aromatic carbocycles. The number of nitrogens with one attached hydrogen (secondary N) is 1. The molecule has 3 N–H and O–H groups in total. The predicted octanol–water partition coefficient (Wildman–Crippen LogP) is 4.48. The molecule has 0 amide bonds. The minimum atomic E-state index is -0.547. The van der Waals surface area contributed by atoms with Gasteiger partial charge in [-0.25, -0.2) is 9.82 Å². The quantitative estimate of drug-likeness (QED) is 0.447. The number of ether oxygens (including phenoxy) is 1. The molecular weight excluding hydrogens is 382 g/mol. The van der Waals surface area contributed by atoms with Crippen molar-refractivity contribution in [2.45, 2.75) is 6.04 Å². The Bertz CT molecular complexity index is 642. The summed E-state index contributed by atoms with van der Waals surface area (Å²) < 4.78 is 20.2. The number of hydrazine groups is 1. The number of hydrogen-bond donors (Lipinski definition) is 2. The van der Waals surface area contributed by atoms with Crippen LogP contribution in [-0.2, 0) is 0 Å². The first-order chi connectivity index (χ1) is 10.0. The largest absolute Gasteiger partial charge is 0.491 e. The zero-order valence-electron chi connectivity index (χ0n) is 10.7. The van der Waals surface area contributed by atoms with E-state index < -0.39 is 11.9 Å². The van der Waals surface area contributed by atoms with Gasteiger partial charge in [-0.1, -0.05) is 35.3 Å². The van der Waals surface area contributed by atoms with E-state index in [1.54, 1.807) is 36.4 Å². The van der Waals surface area contributed by atoms with Gasteiger partial charge in [0, 0.05) is 15.1 Å². The number of benzene rings is 2. The van der Waals surface area contributed by atoms with Crippen LogP contribution in [0.1, 0.15) is 11.6 Å². The Hall–Kier alpha value is -0.850. The first-order valence-electron chi connectivity index (χ1n) is 6.01. The molecule has 1 unspecified atom stereocenters. The second-order valence-corrected chi connectivity index (χ2v) is 5.92. The highest BCUT2D eigenvalue weighted by atomic mass is 79.9. The first kappa shape index (κ1) is 16.5. The van der Waals surface area contributed by atoms with Crippen molar-refractivity contribution >= 4 is 39.1 Å². The summed E-state index contributed by atoms with van der Waals surface area (Å²) in [6, 6.07) is 9.63. The summed E-state index contributed by atoms with van der Waals surface area (Å²) in [7, 11) is 0. The molecule has 0 saturated carbocycles. The van der Waals surface area contributed by atoms with Gasteiger partial charge in [0.25, 0.3) is 0 Å². The second-order valence-electron chi connectivity index (χ2n) is 4.25. The molecular formula is C14H12BrCl2FN2O. The molecule has 0 aliphatic rings. The van der Waals surface area contributed by atoms with E-state index in [9.17, 15) is 4.39 Å². The van der Waals surface area contributed by atoms with Crippen LogP contribution in [0.2, 0.25) is 10.0 Å². The molecule has 2 aromatic rings. The van der Waals surface area contributed by atoms with E-state index in [4.69, 9.17) is 33.8 Å². The zero-order chi connectivity index (χ0) is 15.4. The van der Waals surface area contributed by atoms with Crippen LogP contribution in [0.15, 0.2) is 40.9 Å². The number of nitrogens with two attached hydrogens (primary N) is 1. The van der Waals surface area contributed by atoms with Crippen LogP contribution in [-0.4, -0.2) is 6.61 Å². The average molecular weight is 394 g/mol. The van der Waals surface area contributed by atoms with Crippen LogP contribution in [0.3, 0.4) is 0 Å². The Labute approximate surface area is 140 Å². The average Bonchev–Trinajstić information content (AvgIpc) is 2.47. The molecule has 0 aromatic heterocycles. The van der Waals surface area contributed by atoms with Crippen molar-refractivity contribution in [1.82, 2.24) is 5.43 Å². The Morgan fingerprint density at radius 2 is 2.05 bits per heavy atom. The molecule has 0 aliphatic carbocycles. The number of halogens is 4. The third-order valence-corrected chi connectivity index (χ3v) is 4.35. The highest BCUT2D eigenvalue weighted by Crippen LogP contribution is 2.30. The standard InChI is InChI=1S/C14H12BrCl2FN2O/c15-11-5-4-10(14(18)13(11)17)12(20-19)7-21-9-3-1-2-8(16)6-9/h1-6,12,20H,7,19H2. The maximum Gasteiger partial charge on any atom is 0.147 e. The Morgan fingerprint density at radius 1 is 1.29 bits per heavy atom. The minimum Gasteiger partial charge on any atom is -0.491 e. The van der Waals surface area contributed by atoms with Crippen LogP contribution >= 0.6 is 39.1 Å². The van der Waals surface area contributed by atoms with E-state index in [0.29, 0.717) is 20.8 Å². The second kappa shape index (κ2) is 7.42. The fourth-order valence-electron chi connectivity index (χ4n) is 1.77. The van der Waals surface area contributed by atoms with Gasteiger partial charge >= 0.3 is 0 Å². The highest BCUT2D eigenvalue weighted by molar-refractivity contribution is 9.10. The van der Waals surface area contributed by atoms with Gasteiger partial charge < -0.3 is 4.74 Å². The lowest BCUT2D eigenvalue weighted by Gasteiger charge is -2.18. The molecule has 21 heavy (non-hydrogen) atoms. The molecule has 0 bridgehead atoms. The number of hydrogen-bond acceptors (Lipinski definition) is 3. The van der Waals surface area contributed by atoms with E-state index in [-0.39, 0.29) is 11.6 Å². The topological polar surface area (TPSA) is 47.3 Å². The van der Waals surface area contributed by atoms with Crippen LogP contribution in [0.4, 0.5) is 4.39 Å². The van der Waals surface area contributed by atoms with Crippen molar-refractivity contribution in [1.29, 1.82) is 0 Å². The van der Waals surface area contributed by atoms with Crippen molar-refractivity contribution in [2.24, 2.45) is 5.84 Å². The molecule has 0 fully saturated rings. The molecule has 112 valence electrons. The van der Waals surface area contributed by atoms with Gasteiger partial charge in [-0.15, -0.1) is 0 Å². The molecule has 0 radical (unpaired) electrons. The summed E-state index contributed by atoms with van der Waals surface area (Å²) >= 11 is 14.9. The van der Waals surface area contributed by atoms with E-state index >= 15 is 0 Å². The highest BCUT2D eigenvalue weighted by Gasteiger charge is 2.19. The van der Waals surface area contributed by atoms with Crippen molar-refractivity contribution < 1.29 is 9.13 Å². The lowest BCUT2D eigenvalue weighted by Crippen LogP contribution is -2.33. The molecule has 7 heteroatoms. The Kier molecular flexibility index (Phi) is 5.84. The van der Waals surface area contributed by atoms with Crippen molar-refractivity contribution in [3.05, 3.63) is 62.3 Å². The zero-order valence-corrected chi connectivity index (χ0v) is 13.8. The summed E-state index contributed by atoms with van der Waals surface area (Å²) in [5.41, 5.74) is 2.85. The summed E-state index contributed by atoms with van der Waals surface area (Å²) in [6.45, 7) is 0.131. The summed E-state index contributed by atoms with van der Waals surface area (Å²) in [5.74, 6) is 5.52. The molecule has 3 nitrogen and oxygen atoms in total. The van der Waals surface area contributed by atoms with Gasteiger partial charge in [-0.3, -0.25) is 5.84 Å². The van der Waals surface area contributed by atoms with E-state index in [2.05, 4.69) is 21.4 Å². The minimum absolute atomic E-state index is 0.00973. The van der Waals surface area contributed by atoms with E-state index in [1.807, 2.05) is 0 Å². The maximum absolute atomic E-state index is 14.2. The Morgan fingerprint density at radius 3 is 2.71 bits per heavy atom. The Balaban J connectivity index is 2.15. The molecule has 2 rings (SSSR count). The predicted molar refractivity (Wildman–Crippen MR) is 86.1 cm³/mol. The maximum atomic E-state index is 14.2. The smallest absolute Gasteiger partial charge is 0.147 e. The van der Waals surface area contributed by atoms with Gasteiger partial charge in [-0.2, -0.15) is 0 Å². The fraction of sp³-hybridized carbons (Fsp3) is 0.143. The first-order valence-corrected chi connectivity index (χ1v) is 7.55. The summed E-state index contributed by atoms with van der Waals surface area (Å²) in [4.78, 5) is 0. The summed E-state index contributed by atoms with van der Waals surface area (Å²) in [6.07, 6.45) is 0. The lowest BCUT2D eigenvalue weighted by atomic mass is 10.1. The van der Waals surface area contributed by atoms with Crippen LogP contribution in [0.25, 0.3) is 0 Å². The SMILES string of the molecule is NNC(COc1cccc(Cl)c1)c1ccc(Br)c(Cl)c1F. The van der Waals surface area contributed by atoms with Crippen molar-refractivity contribution in [3.8, 4) is 5.75 Å². The van der Waals surface area contributed by atoms with E-state index in [1.165, 1.54) is 0 Å². The monoisotopic (exact) mass is 392 g/mol. The van der Waals surface area contributed by atoms with Gasteiger partial charge in [0.1, 0.15) is 18.2 Å². The normalized spacial score (nSPS) is 12.2.